The van der Waals surface area contributed by atoms with Crippen molar-refractivity contribution in [3.63, 3.8) is 0 Å². The molecule has 0 aliphatic rings. The van der Waals surface area contributed by atoms with Crippen molar-refractivity contribution in [2.75, 3.05) is 26.3 Å². The number of hydrogen-bond acceptors (Lipinski definition) is 6. The first-order valence-corrected chi connectivity index (χ1v) is 6.82. The number of ether oxygens (including phenoxy) is 2. The molecule has 0 N–H and O–H groups in total. The molecule has 10 nitrogen and oxygen atoms in total. The average molecular weight is 312 g/mol. The van der Waals surface area contributed by atoms with Gasteiger partial charge in [0.25, 0.3) is 0 Å². The lowest BCUT2D eigenvalue weighted by molar-refractivity contribution is -0.153. The summed E-state index contributed by atoms with van der Waals surface area (Å²) >= 11 is 0. The van der Waals surface area contributed by atoms with Gasteiger partial charge in [0.15, 0.2) is 0 Å². The van der Waals surface area contributed by atoms with E-state index < -0.39 is 11.9 Å². The van der Waals surface area contributed by atoms with Crippen LogP contribution in [0.25, 0.3) is 20.9 Å². The smallest absolute Gasteiger partial charge is 0.306 e. The second kappa shape index (κ2) is 12.3. The summed E-state index contributed by atoms with van der Waals surface area (Å²) in [6.07, 6.45) is 0.270. The molecule has 0 spiro atoms. The minimum Gasteiger partial charge on any atom is -0.462 e. The maximum absolute atomic E-state index is 11.4. The van der Waals surface area contributed by atoms with Gasteiger partial charge in [0, 0.05) is 35.8 Å². The van der Waals surface area contributed by atoms with E-state index in [1.54, 1.807) is 13.8 Å². The van der Waals surface area contributed by atoms with Gasteiger partial charge in [-0.05, 0) is 22.9 Å². The third-order valence-electron chi connectivity index (χ3n) is 2.55. The van der Waals surface area contributed by atoms with Gasteiger partial charge < -0.3 is 9.47 Å². The second-order valence-electron chi connectivity index (χ2n) is 4.89. The number of hydrogen-bond donors (Lipinski definition) is 0. The Balaban J connectivity index is 3.74. The first-order chi connectivity index (χ1) is 10.5. The maximum Gasteiger partial charge on any atom is 0.306 e. The highest BCUT2D eigenvalue weighted by Gasteiger charge is 2.11. The molecule has 0 aromatic rings. The molecule has 0 aliphatic heterocycles. The van der Waals surface area contributed by atoms with E-state index in [9.17, 15) is 9.59 Å². The third kappa shape index (κ3) is 11.4. The van der Waals surface area contributed by atoms with Crippen molar-refractivity contribution in [1.82, 2.24) is 0 Å². The molecule has 0 rings (SSSR count). The van der Waals surface area contributed by atoms with Crippen LogP contribution in [0.15, 0.2) is 10.2 Å². The zero-order chi connectivity index (χ0) is 16.8. The summed E-state index contributed by atoms with van der Waals surface area (Å²) in [5.74, 6) is -1.08. The minimum atomic E-state index is -0.437. The number of carbonyl (C=O) groups excluding carboxylic acids is 2. The first-order valence-electron chi connectivity index (χ1n) is 6.82. The number of carbonyl (C=O) groups is 2. The number of rotatable bonds is 11. The van der Waals surface area contributed by atoms with E-state index in [0.29, 0.717) is 0 Å². The Bertz CT molecular complexity index is 415. The Kier molecular flexibility index (Phi) is 10.9. The van der Waals surface area contributed by atoms with Crippen LogP contribution in [-0.2, 0) is 19.1 Å². The third-order valence-corrected chi connectivity index (χ3v) is 2.55. The summed E-state index contributed by atoms with van der Waals surface area (Å²) in [6, 6.07) is 0. The molecule has 0 heterocycles. The van der Waals surface area contributed by atoms with Crippen LogP contribution in [-0.4, -0.2) is 38.2 Å². The van der Waals surface area contributed by atoms with Crippen LogP contribution in [0.2, 0.25) is 0 Å². The van der Waals surface area contributed by atoms with Crippen molar-refractivity contribution in [3.05, 3.63) is 20.9 Å². The molecule has 0 saturated carbocycles. The lowest BCUT2D eigenvalue weighted by Crippen LogP contribution is -2.17. The average Bonchev–Trinajstić information content (AvgIpc) is 2.47. The quantitative estimate of drug-likeness (QED) is 0.189. The number of esters is 2. The molecule has 122 valence electrons. The van der Waals surface area contributed by atoms with Gasteiger partial charge >= 0.3 is 11.9 Å². The Hall–Kier alpha value is -2.44. The van der Waals surface area contributed by atoms with Gasteiger partial charge in [0.05, 0.1) is 0 Å². The topological polar surface area (TPSA) is 150 Å². The van der Waals surface area contributed by atoms with Crippen LogP contribution in [0.4, 0.5) is 0 Å². The SMILES string of the molecule is CC(CN=[N+]=[N-])CC(=O)OCCOC(=O)CC(C)CN=[N+]=[N-]. The van der Waals surface area contributed by atoms with E-state index in [1.807, 2.05) is 0 Å². The summed E-state index contributed by atoms with van der Waals surface area (Å²) in [5, 5.41) is 6.73. The van der Waals surface area contributed by atoms with E-state index in [4.69, 9.17) is 20.5 Å². The van der Waals surface area contributed by atoms with Crippen LogP contribution < -0.4 is 0 Å². The molecule has 0 saturated heterocycles. The van der Waals surface area contributed by atoms with Gasteiger partial charge in [-0.2, -0.15) is 0 Å². The molecule has 0 radical (unpaired) electrons. The number of azide groups is 2. The predicted molar refractivity (Wildman–Crippen MR) is 77.5 cm³/mol. The van der Waals surface area contributed by atoms with Crippen LogP contribution in [0.3, 0.4) is 0 Å². The summed E-state index contributed by atoms with van der Waals surface area (Å²) in [6.45, 7) is 3.93. The fourth-order valence-corrected chi connectivity index (χ4v) is 1.48. The predicted octanol–water partition coefficient (Wildman–Crippen LogP) is 2.75. The zero-order valence-electron chi connectivity index (χ0n) is 12.7. The fourth-order valence-electron chi connectivity index (χ4n) is 1.48. The normalized spacial score (nSPS) is 12.3. The highest BCUT2D eigenvalue weighted by Crippen LogP contribution is 2.05. The first kappa shape index (κ1) is 19.6. The molecule has 0 amide bonds. The molecular formula is C12H20N6O4. The molecule has 0 aromatic carbocycles. The van der Waals surface area contributed by atoms with Crippen molar-refractivity contribution in [3.8, 4) is 0 Å². The largest absolute Gasteiger partial charge is 0.462 e. The van der Waals surface area contributed by atoms with Crippen LogP contribution in [0, 0.1) is 11.8 Å². The Morgan fingerprint density at radius 2 is 1.27 bits per heavy atom. The van der Waals surface area contributed by atoms with Crippen LogP contribution >= 0.6 is 0 Å². The highest BCUT2D eigenvalue weighted by molar-refractivity contribution is 5.70. The molecule has 0 fully saturated rings. The Morgan fingerprint density at radius 1 is 0.909 bits per heavy atom. The highest BCUT2D eigenvalue weighted by atomic mass is 16.6. The van der Waals surface area contributed by atoms with Gasteiger partial charge in [0.2, 0.25) is 0 Å². The van der Waals surface area contributed by atoms with Crippen molar-refractivity contribution in [2.24, 2.45) is 22.1 Å². The molecule has 2 unspecified atom stereocenters. The van der Waals surface area contributed by atoms with Gasteiger partial charge in [-0.15, -0.1) is 0 Å². The lowest BCUT2D eigenvalue weighted by atomic mass is 10.1. The van der Waals surface area contributed by atoms with Crippen molar-refractivity contribution in [2.45, 2.75) is 26.7 Å². The van der Waals surface area contributed by atoms with Crippen molar-refractivity contribution < 1.29 is 19.1 Å². The zero-order valence-corrected chi connectivity index (χ0v) is 12.7. The van der Waals surface area contributed by atoms with Gasteiger partial charge in [-0.1, -0.05) is 24.1 Å². The minimum absolute atomic E-state index is 0.0243. The monoisotopic (exact) mass is 312 g/mol. The van der Waals surface area contributed by atoms with Gasteiger partial charge in [0.1, 0.15) is 13.2 Å². The van der Waals surface area contributed by atoms with E-state index in [1.165, 1.54) is 0 Å². The molecule has 22 heavy (non-hydrogen) atoms. The van der Waals surface area contributed by atoms with E-state index in [-0.39, 0.29) is 51.0 Å². The summed E-state index contributed by atoms with van der Waals surface area (Å²) < 4.78 is 9.79. The molecule has 0 aromatic heterocycles. The number of nitrogens with zero attached hydrogens (tertiary/aromatic N) is 6. The second-order valence-corrected chi connectivity index (χ2v) is 4.89. The molecule has 0 aliphatic carbocycles. The van der Waals surface area contributed by atoms with Crippen LogP contribution in [0.1, 0.15) is 26.7 Å². The van der Waals surface area contributed by atoms with E-state index >= 15 is 0 Å². The molecule has 10 heteroatoms. The summed E-state index contributed by atoms with van der Waals surface area (Å²) in [7, 11) is 0. The Labute approximate surface area is 128 Å². The van der Waals surface area contributed by atoms with E-state index in [0.717, 1.165) is 0 Å². The van der Waals surface area contributed by atoms with E-state index in [2.05, 4.69) is 20.1 Å². The molecule has 2 atom stereocenters. The standard InChI is InChI=1S/C12H20N6O4/c1-9(7-15-17-13)5-11(19)21-3-4-22-12(20)6-10(2)8-16-18-14/h9-10H,3-8H2,1-2H3. The van der Waals surface area contributed by atoms with Gasteiger partial charge in [-0.25, -0.2) is 0 Å². The van der Waals surface area contributed by atoms with Crippen molar-refractivity contribution in [1.29, 1.82) is 0 Å². The van der Waals surface area contributed by atoms with Gasteiger partial charge in [-0.3, -0.25) is 9.59 Å². The Morgan fingerprint density at radius 3 is 1.59 bits per heavy atom. The maximum atomic E-state index is 11.4. The summed E-state index contributed by atoms with van der Waals surface area (Å²) in [4.78, 5) is 28.0. The fraction of sp³-hybridized carbons (Fsp3) is 0.833. The van der Waals surface area contributed by atoms with Crippen LogP contribution in [0.5, 0.6) is 0 Å². The van der Waals surface area contributed by atoms with Crippen molar-refractivity contribution >= 4 is 11.9 Å². The lowest BCUT2D eigenvalue weighted by Gasteiger charge is -2.10. The molecular weight excluding hydrogens is 292 g/mol. The summed E-state index contributed by atoms with van der Waals surface area (Å²) in [5.41, 5.74) is 16.3. The molecule has 0 bridgehead atoms.